The van der Waals surface area contributed by atoms with E-state index >= 15 is 0 Å². The first kappa shape index (κ1) is 15.4. The van der Waals surface area contributed by atoms with Crippen LogP contribution in [0.5, 0.6) is 0 Å². The van der Waals surface area contributed by atoms with Crippen LogP contribution in [0, 0.1) is 5.82 Å². The van der Waals surface area contributed by atoms with Gasteiger partial charge in [-0.1, -0.05) is 19.0 Å². The molecule has 19 heavy (non-hydrogen) atoms. The van der Waals surface area contributed by atoms with E-state index in [1.807, 2.05) is 0 Å². The van der Waals surface area contributed by atoms with E-state index in [0.29, 0.717) is 18.2 Å². The molecule has 0 aliphatic carbocycles. The summed E-state index contributed by atoms with van der Waals surface area (Å²) in [6.45, 7) is 7.89. The lowest BCUT2D eigenvalue weighted by Crippen LogP contribution is -2.32. The average molecular weight is 267 g/mol. The molecular formula is C14H22FN3O. The third kappa shape index (κ3) is 4.21. The van der Waals surface area contributed by atoms with Gasteiger partial charge in [-0.15, -0.1) is 0 Å². The molecule has 1 aromatic rings. The van der Waals surface area contributed by atoms with E-state index in [0.717, 1.165) is 18.5 Å². The van der Waals surface area contributed by atoms with Crippen LogP contribution >= 0.6 is 0 Å². The fourth-order valence-corrected chi connectivity index (χ4v) is 2.02. The molecule has 0 aromatic heterocycles. The molecule has 1 rings (SSSR count). The highest BCUT2D eigenvalue weighted by Gasteiger charge is 2.12. The summed E-state index contributed by atoms with van der Waals surface area (Å²) >= 11 is 0. The Morgan fingerprint density at radius 3 is 2.63 bits per heavy atom. The number of amidine groups is 1. The Bertz CT molecular complexity index is 448. The Morgan fingerprint density at radius 2 is 2.11 bits per heavy atom. The summed E-state index contributed by atoms with van der Waals surface area (Å²) in [5.41, 5.74) is 6.72. The standard InChI is InChI=1S/C14H22FN3O/c1-4-10(3)18(5-2)9-11-6-12(14(16)17-19)8-13(15)7-11/h6-8,10,19H,4-5,9H2,1-3H3,(H2,16,17). The van der Waals surface area contributed by atoms with Gasteiger partial charge >= 0.3 is 0 Å². The Kier molecular flexibility index (Phi) is 5.76. The third-order valence-electron chi connectivity index (χ3n) is 3.37. The smallest absolute Gasteiger partial charge is 0.170 e. The fraction of sp³-hybridized carbons (Fsp3) is 0.500. The Labute approximate surface area is 113 Å². The number of hydrogen-bond acceptors (Lipinski definition) is 3. The second-order valence-electron chi connectivity index (χ2n) is 4.65. The van der Waals surface area contributed by atoms with Crippen LogP contribution in [-0.4, -0.2) is 28.5 Å². The number of benzene rings is 1. The van der Waals surface area contributed by atoms with E-state index in [1.54, 1.807) is 6.07 Å². The first-order valence-corrected chi connectivity index (χ1v) is 6.53. The highest BCUT2D eigenvalue weighted by Crippen LogP contribution is 2.14. The lowest BCUT2D eigenvalue weighted by atomic mass is 10.1. The second-order valence-corrected chi connectivity index (χ2v) is 4.65. The summed E-state index contributed by atoms with van der Waals surface area (Å²) in [7, 11) is 0. The molecule has 0 bridgehead atoms. The maximum atomic E-state index is 13.6. The maximum absolute atomic E-state index is 13.6. The van der Waals surface area contributed by atoms with Crippen LogP contribution < -0.4 is 5.73 Å². The molecule has 0 aliphatic heterocycles. The van der Waals surface area contributed by atoms with Crippen molar-refractivity contribution in [2.75, 3.05) is 6.54 Å². The first-order chi connectivity index (χ1) is 9.01. The van der Waals surface area contributed by atoms with Crippen molar-refractivity contribution in [2.24, 2.45) is 10.9 Å². The number of halogens is 1. The second kappa shape index (κ2) is 7.09. The van der Waals surface area contributed by atoms with Gasteiger partial charge in [0.15, 0.2) is 5.84 Å². The minimum atomic E-state index is -0.376. The minimum absolute atomic E-state index is 0.0765. The summed E-state index contributed by atoms with van der Waals surface area (Å²) in [5, 5.41) is 11.6. The van der Waals surface area contributed by atoms with Gasteiger partial charge in [-0.2, -0.15) is 0 Å². The highest BCUT2D eigenvalue weighted by molar-refractivity contribution is 5.97. The highest BCUT2D eigenvalue weighted by atomic mass is 19.1. The van der Waals surface area contributed by atoms with E-state index < -0.39 is 0 Å². The Balaban J connectivity index is 2.97. The van der Waals surface area contributed by atoms with Crippen molar-refractivity contribution in [3.8, 4) is 0 Å². The van der Waals surface area contributed by atoms with E-state index in [9.17, 15) is 4.39 Å². The van der Waals surface area contributed by atoms with E-state index in [1.165, 1.54) is 12.1 Å². The molecule has 5 heteroatoms. The molecule has 0 saturated carbocycles. The molecule has 106 valence electrons. The predicted molar refractivity (Wildman–Crippen MR) is 74.7 cm³/mol. The van der Waals surface area contributed by atoms with Crippen LogP contribution in [0.2, 0.25) is 0 Å². The van der Waals surface area contributed by atoms with Gasteiger partial charge in [0.2, 0.25) is 0 Å². The average Bonchev–Trinajstić information content (AvgIpc) is 2.42. The predicted octanol–water partition coefficient (Wildman–Crippen LogP) is 2.54. The summed E-state index contributed by atoms with van der Waals surface area (Å²) < 4.78 is 13.6. The maximum Gasteiger partial charge on any atom is 0.170 e. The Hall–Kier alpha value is -1.62. The van der Waals surface area contributed by atoms with Gasteiger partial charge in [-0.05, 0) is 43.7 Å². The van der Waals surface area contributed by atoms with Crippen molar-refractivity contribution in [1.82, 2.24) is 4.90 Å². The van der Waals surface area contributed by atoms with Crippen molar-refractivity contribution in [2.45, 2.75) is 39.8 Å². The summed E-state index contributed by atoms with van der Waals surface area (Å²) in [6.07, 6.45) is 1.04. The quantitative estimate of drug-likeness (QED) is 0.360. The molecule has 0 aliphatic rings. The molecule has 0 fully saturated rings. The molecule has 1 atom stereocenters. The molecule has 1 aromatic carbocycles. The zero-order valence-electron chi connectivity index (χ0n) is 11.7. The van der Waals surface area contributed by atoms with Crippen LogP contribution in [-0.2, 0) is 6.54 Å². The molecule has 1 unspecified atom stereocenters. The van der Waals surface area contributed by atoms with Gasteiger partial charge in [0, 0.05) is 18.2 Å². The van der Waals surface area contributed by atoms with Gasteiger partial charge in [-0.25, -0.2) is 4.39 Å². The topological polar surface area (TPSA) is 61.8 Å². The van der Waals surface area contributed by atoms with Crippen LogP contribution in [0.4, 0.5) is 4.39 Å². The molecule has 0 amide bonds. The third-order valence-corrected chi connectivity index (χ3v) is 3.37. The normalized spacial score (nSPS) is 13.8. The first-order valence-electron chi connectivity index (χ1n) is 6.53. The zero-order valence-corrected chi connectivity index (χ0v) is 11.7. The number of nitrogens with zero attached hydrogens (tertiary/aromatic N) is 2. The Morgan fingerprint density at radius 1 is 1.42 bits per heavy atom. The van der Waals surface area contributed by atoms with Crippen LogP contribution in [0.3, 0.4) is 0 Å². The van der Waals surface area contributed by atoms with Crippen molar-refractivity contribution in [3.05, 3.63) is 35.1 Å². The summed E-state index contributed by atoms with van der Waals surface area (Å²) in [4.78, 5) is 2.25. The summed E-state index contributed by atoms with van der Waals surface area (Å²) in [6, 6.07) is 4.93. The molecule has 0 spiro atoms. The summed E-state index contributed by atoms with van der Waals surface area (Å²) in [5.74, 6) is -0.452. The minimum Gasteiger partial charge on any atom is -0.409 e. The molecular weight excluding hydrogens is 245 g/mol. The number of nitrogens with two attached hydrogens (primary N) is 1. The molecule has 0 heterocycles. The number of oxime groups is 1. The van der Waals surface area contributed by atoms with Gasteiger partial charge in [0.25, 0.3) is 0 Å². The van der Waals surface area contributed by atoms with E-state index in [4.69, 9.17) is 10.9 Å². The molecule has 0 radical (unpaired) electrons. The van der Waals surface area contributed by atoms with E-state index in [-0.39, 0.29) is 11.7 Å². The fourth-order valence-electron chi connectivity index (χ4n) is 2.02. The lowest BCUT2D eigenvalue weighted by molar-refractivity contribution is 0.206. The van der Waals surface area contributed by atoms with Gasteiger partial charge in [-0.3, -0.25) is 4.90 Å². The number of hydrogen-bond donors (Lipinski definition) is 2. The van der Waals surface area contributed by atoms with Gasteiger partial charge in [0.05, 0.1) is 0 Å². The monoisotopic (exact) mass is 267 g/mol. The van der Waals surface area contributed by atoms with Crippen molar-refractivity contribution < 1.29 is 9.60 Å². The van der Waals surface area contributed by atoms with Gasteiger partial charge in [0.1, 0.15) is 5.82 Å². The van der Waals surface area contributed by atoms with Crippen molar-refractivity contribution in [3.63, 3.8) is 0 Å². The molecule has 4 nitrogen and oxygen atoms in total. The van der Waals surface area contributed by atoms with Crippen LogP contribution in [0.25, 0.3) is 0 Å². The van der Waals surface area contributed by atoms with Crippen molar-refractivity contribution >= 4 is 5.84 Å². The number of rotatable bonds is 6. The van der Waals surface area contributed by atoms with Gasteiger partial charge < -0.3 is 10.9 Å². The lowest BCUT2D eigenvalue weighted by Gasteiger charge is -2.27. The zero-order chi connectivity index (χ0) is 14.4. The largest absolute Gasteiger partial charge is 0.409 e. The van der Waals surface area contributed by atoms with Crippen molar-refractivity contribution in [1.29, 1.82) is 0 Å². The SMILES string of the molecule is CCC(C)N(CC)Cc1cc(F)cc(/C(N)=N/O)c1. The van der Waals surface area contributed by atoms with Crippen LogP contribution in [0.1, 0.15) is 38.3 Å². The van der Waals surface area contributed by atoms with Crippen LogP contribution in [0.15, 0.2) is 23.4 Å². The molecule has 0 saturated heterocycles. The van der Waals surface area contributed by atoms with E-state index in [2.05, 4.69) is 30.8 Å². The molecule has 3 N–H and O–H groups in total.